The predicted octanol–water partition coefficient (Wildman–Crippen LogP) is 5.80. The molecule has 0 spiro atoms. The van der Waals surface area contributed by atoms with Crippen molar-refractivity contribution in [3.8, 4) is 11.5 Å². The lowest BCUT2D eigenvalue weighted by Crippen LogP contribution is -2.15. The van der Waals surface area contributed by atoms with Crippen molar-refractivity contribution in [3.05, 3.63) is 54.1 Å². The van der Waals surface area contributed by atoms with Crippen LogP contribution in [-0.4, -0.2) is 145 Å². The number of anilines is 1. The van der Waals surface area contributed by atoms with Crippen molar-refractivity contribution in [2.75, 3.05) is 151 Å². The molecule has 13 nitrogen and oxygen atoms in total. The molecule has 2 aromatic rings. The molecule has 0 heterocycles. The van der Waals surface area contributed by atoms with E-state index >= 15 is 0 Å². The fraction of sp³-hybridized carbons (Fsp3) is 0.714. The molecule has 0 aromatic heterocycles. The highest BCUT2D eigenvalue weighted by atomic mass is 16.6. The highest BCUT2D eigenvalue weighted by molar-refractivity contribution is 5.41. The Kier molecular flexibility index (Phi) is 33.9. The Bertz CT molecular complexity index is 1060. The summed E-state index contributed by atoms with van der Waals surface area (Å²) in [4.78, 5) is 0. The van der Waals surface area contributed by atoms with Crippen molar-refractivity contribution in [2.45, 2.75) is 51.9 Å². The molecule has 2 N–H and O–H groups in total. The molecule has 0 saturated carbocycles. The van der Waals surface area contributed by atoms with Gasteiger partial charge in [0.2, 0.25) is 0 Å². The lowest BCUT2D eigenvalue weighted by Gasteiger charge is -2.09. The first-order valence-electron chi connectivity index (χ1n) is 20.3. The van der Waals surface area contributed by atoms with Crippen LogP contribution in [0.25, 0.3) is 0 Å². The van der Waals surface area contributed by atoms with Crippen LogP contribution in [0.3, 0.4) is 0 Å². The number of nitrogen functional groups attached to an aromatic ring is 1. The van der Waals surface area contributed by atoms with E-state index in [-0.39, 0.29) is 0 Å². The van der Waals surface area contributed by atoms with Crippen molar-refractivity contribution in [3.63, 3.8) is 0 Å². The van der Waals surface area contributed by atoms with Crippen LogP contribution < -0.4 is 15.2 Å². The quantitative estimate of drug-likeness (QED) is 0.0643. The van der Waals surface area contributed by atoms with Crippen molar-refractivity contribution in [1.29, 1.82) is 0 Å². The molecular weight excluding hydrogens is 710 g/mol. The van der Waals surface area contributed by atoms with E-state index in [4.69, 9.17) is 62.6 Å². The van der Waals surface area contributed by atoms with E-state index in [2.05, 4.69) is 19.1 Å². The van der Waals surface area contributed by atoms with E-state index < -0.39 is 0 Å². The summed E-state index contributed by atoms with van der Waals surface area (Å²) in [6.07, 6.45) is 9.08. The number of aryl methyl sites for hydroxylation is 1. The van der Waals surface area contributed by atoms with Gasteiger partial charge in [-0.15, -0.1) is 0 Å². The summed E-state index contributed by atoms with van der Waals surface area (Å²) in [5.41, 5.74) is 7.74. The maximum atomic E-state index is 5.78. The Morgan fingerprint density at radius 1 is 0.327 bits per heavy atom. The molecule has 316 valence electrons. The molecule has 55 heavy (non-hydrogen) atoms. The van der Waals surface area contributed by atoms with Crippen LogP contribution in [0.1, 0.15) is 51.0 Å². The summed E-state index contributed by atoms with van der Waals surface area (Å²) < 4.78 is 66.5. The van der Waals surface area contributed by atoms with E-state index in [9.17, 15) is 0 Å². The third kappa shape index (κ3) is 32.3. The van der Waals surface area contributed by atoms with Crippen molar-refractivity contribution in [2.24, 2.45) is 0 Å². The second kappa shape index (κ2) is 38.3. The second-order valence-corrected chi connectivity index (χ2v) is 12.6. The molecule has 0 radical (unpaired) electrons. The number of hydrogen-bond donors (Lipinski definition) is 1. The summed E-state index contributed by atoms with van der Waals surface area (Å²) in [6.45, 7) is 13.5. The normalized spacial score (nSPS) is 11.4. The van der Waals surface area contributed by atoms with Gasteiger partial charge >= 0.3 is 0 Å². The van der Waals surface area contributed by atoms with Crippen LogP contribution in [0.15, 0.2) is 48.5 Å². The average molecular weight is 782 g/mol. The zero-order valence-corrected chi connectivity index (χ0v) is 33.6. The highest BCUT2D eigenvalue weighted by Crippen LogP contribution is 2.15. The smallest absolute Gasteiger partial charge is 0.119 e. The number of ether oxygens (including phenoxy) is 12. The third-order valence-electron chi connectivity index (χ3n) is 7.96. The molecule has 0 amide bonds. The molecule has 0 unspecified atom stereocenters. The minimum Gasteiger partial charge on any atom is -0.491 e. The van der Waals surface area contributed by atoms with Crippen LogP contribution in [0.2, 0.25) is 0 Å². The largest absolute Gasteiger partial charge is 0.491 e. The van der Waals surface area contributed by atoms with Crippen molar-refractivity contribution in [1.82, 2.24) is 0 Å². The molecule has 0 fully saturated rings. The number of hydrogen-bond acceptors (Lipinski definition) is 13. The summed E-state index contributed by atoms with van der Waals surface area (Å²) in [7, 11) is 0. The Labute approximate surface area is 330 Å². The molecular formula is C42H71NO12. The standard InChI is InChI=1S/C42H71NO12/c1-2-3-4-5-6-7-8-39-9-13-41(14-10-39)54-37-35-52-33-31-50-29-27-48-25-23-46-21-19-44-17-18-45-20-22-47-24-26-49-28-30-51-32-34-53-36-38-55-42-15-11-40(43)12-16-42/h9-16H,2-8,17-38,43H2,1H3. The zero-order valence-electron chi connectivity index (χ0n) is 33.6. The van der Waals surface area contributed by atoms with Crippen LogP contribution >= 0.6 is 0 Å². The number of nitrogens with two attached hydrogens (primary N) is 1. The molecule has 2 aromatic carbocycles. The van der Waals surface area contributed by atoms with Crippen LogP contribution in [-0.2, 0) is 53.8 Å². The Hall–Kier alpha value is -2.56. The van der Waals surface area contributed by atoms with Gasteiger partial charge in [0.05, 0.1) is 132 Å². The van der Waals surface area contributed by atoms with E-state index in [1.165, 1.54) is 44.1 Å². The lowest BCUT2D eigenvalue weighted by atomic mass is 10.0. The monoisotopic (exact) mass is 781 g/mol. The minimum atomic E-state index is 0.475. The van der Waals surface area contributed by atoms with Crippen LogP contribution in [0.4, 0.5) is 5.69 Å². The van der Waals surface area contributed by atoms with Gasteiger partial charge in [0, 0.05) is 5.69 Å². The van der Waals surface area contributed by atoms with E-state index in [1.54, 1.807) is 12.1 Å². The Morgan fingerprint density at radius 3 is 0.927 bits per heavy atom. The first kappa shape index (κ1) is 48.6. The maximum absolute atomic E-state index is 5.78. The summed E-state index contributed by atoms with van der Waals surface area (Å²) >= 11 is 0. The van der Waals surface area contributed by atoms with Gasteiger partial charge in [-0.25, -0.2) is 0 Å². The lowest BCUT2D eigenvalue weighted by molar-refractivity contribution is -0.0269. The van der Waals surface area contributed by atoms with Gasteiger partial charge < -0.3 is 62.6 Å². The van der Waals surface area contributed by atoms with Gasteiger partial charge in [-0.1, -0.05) is 51.2 Å². The summed E-state index contributed by atoms with van der Waals surface area (Å²) in [5, 5.41) is 0. The van der Waals surface area contributed by atoms with Gasteiger partial charge in [0.15, 0.2) is 0 Å². The topological polar surface area (TPSA) is 137 Å². The second-order valence-electron chi connectivity index (χ2n) is 12.6. The molecule has 0 saturated heterocycles. The van der Waals surface area contributed by atoms with Crippen molar-refractivity contribution < 1.29 is 56.8 Å². The molecule has 2 rings (SSSR count). The van der Waals surface area contributed by atoms with E-state index in [1.807, 2.05) is 24.3 Å². The van der Waals surface area contributed by atoms with Crippen molar-refractivity contribution >= 4 is 5.69 Å². The van der Waals surface area contributed by atoms with Gasteiger partial charge in [-0.3, -0.25) is 0 Å². The van der Waals surface area contributed by atoms with E-state index in [0.29, 0.717) is 151 Å². The Balaban J connectivity index is 1.16. The molecule has 0 bridgehead atoms. The molecule has 0 aliphatic heterocycles. The van der Waals surface area contributed by atoms with Gasteiger partial charge in [0.1, 0.15) is 24.7 Å². The minimum absolute atomic E-state index is 0.475. The van der Waals surface area contributed by atoms with Gasteiger partial charge in [0.25, 0.3) is 0 Å². The summed E-state index contributed by atoms with van der Waals surface area (Å²) in [6, 6.07) is 15.7. The Morgan fingerprint density at radius 2 is 0.600 bits per heavy atom. The van der Waals surface area contributed by atoms with E-state index in [0.717, 1.165) is 17.9 Å². The molecule has 13 heteroatoms. The maximum Gasteiger partial charge on any atom is 0.119 e. The fourth-order valence-electron chi connectivity index (χ4n) is 4.94. The predicted molar refractivity (Wildman–Crippen MR) is 214 cm³/mol. The first-order valence-corrected chi connectivity index (χ1v) is 20.3. The third-order valence-corrected chi connectivity index (χ3v) is 7.96. The summed E-state index contributed by atoms with van der Waals surface area (Å²) in [5.74, 6) is 1.66. The van der Waals surface area contributed by atoms with Crippen LogP contribution in [0.5, 0.6) is 11.5 Å². The fourth-order valence-corrected chi connectivity index (χ4v) is 4.94. The average Bonchev–Trinajstić information content (AvgIpc) is 3.20. The molecule has 0 aliphatic rings. The van der Waals surface area contributed by atoms with Gasteiger partial charge in [-0.2, -0.15) is 0 Å². The number of rotatable bonds is 42. The number of benzene rings is 2. The molecule has 0 aliphatic carbocycles. The zero-order chi connectivity index (χ0) is 39.0. The molecule has 0 atom stereocenters. The first-order chi connectivity index (χ1) is 27.3. The SMILES string of the molecule is CCCCCCCCc1ccc(OCCOCCOCCOCCOCCOCCOCCOCCOCCOCCOCCOc2ccc(N)cc2)cc1. The van der Waals surface area contributed by atoms with Gasteiger partial charge in [-0.05, 0) is 54.8 Å². The highest BCUT2D eigenvalue weighted by Gasteiger charge is 2.00. The van der Waals surface area contributed by atoms with Crippen LogP contribution in [0, 0.1) is 0 Å². The number of unbranched alkanes of at least 4 members (excludes halogenated alkanes) is 5.